The summed E-state index contributed by atoms with van der Waals surface area (Å²) < 4.78 is 33.1. The second-order valence-corrected chi connectivity index (χ2v) is 5.83. The van der Waals surface area contributed by atoms with Crippen LogP contribution in [0.3, 0.4) is 0 Å². The van der Waals surface area contributed by atoms with Crippen molar-refractivity contribution in [2.75, 3.05) is 6.67 Å². The summed E-state index contributed by atoms with van der Waals surface area (Å²) in [6.07, 6.45) is -0.159. The Labute approximate surface area is 123 Å². The molecule has 0 bridgehead atoms. The van der Waals surface area contributed by atoms with Gasteiger partial charge in [-0.2, -0.15) is 0 Å². The third-order valence-electron chi connectivity index (χ3n) is 3.10. The van der Waals surface area contributed by atoms with Gasteiger partial charge >= 0.3 is 5.97 Å². The van der Waals surface area contributed by atoms with Crippen molar-refractivity contribution >= 4 is 28.0 Å². The second-order valence-electron chi connectivity index (χ2n) is 4.98. The van der Waals surface area contributed by atoms with Crippen LogP contribution in [0.4, 0.5) is 8.78 Å². The topological polar surface area (TPSA) is 46.5 Å². The predicted molar refractivity (Wildman–Crippen MR) is 74.4 cm³/mol. The summed E-state index contributed by atoms with van der Waals surface area (Å²) in [7, 11) is 0. The number of carboxylic acid groups (broad SMARTS) is 1. The number of hydrogen-bond acceptors (Lipinski definition) is 2. The Kier molecular flexibility index (Phi) is 3.86. The smallest absolute Gasteiger partial charge is 0.335 e. The highest BCUT2D eigenvalue weighted by Crippen LogP contribution is 2.40. The number of ether oxygens (including phenoxy) is 1. The normalized spacial score (nSPS) is 20.4. The van der Waals surface area contributed by atoms with Crippen LogP contribution < -0.4 is 4.74 Å². The molecule has 6 heteroatoms. The van der Waals surface area contributed by atoms with Crippen molar-refractivity contribution in [1.82, 2.24) is 0 Å². The van der Waals surface area contributed by atoms with Crippen molar-refractivity contribution in [1.29, 1.82) is 0 Å². The fourth-order valence-corrected chi connectivity index (χ4v) is 2.79. The van der Waals surface area contributed by atoms with E-state index < -0.39 is 24.4 Å². The van der Waals surface area contributed by atoms with E-state index in [1.165, 1.54) is 6.08 Å². The number of rotatable bonds is 3. The van der Waals surface area contributed by atoms with Crippen molar-refractivity contribution < 1.29 is 23.4 Å². The number of carboxylic acids is 1. The van der Waals surface area contributed by atoms with Crippen LogP contribution in [-0.4, -0.2) is 29.5 Å². The minimum Gasteiger partial charge on any atom is -0.480 e. The van der Waals surface area contributed by atoms with Gasteiger partial charge in [0.1, 0.15) is 12.4 Å². The molecular weight excluding hydrogens is 334 g/mol. The molecule has 0 aromatic heterocycles. The lowest BCUT2D eigenvalue weighted by Gasteiger charge is -2.33. The van der Waals surface area contributed by atoms with E-state index in [2.05, 4.69) is 15.9 Å². The average molecular weight is 347 g/mol. The summed E-state index contributed by atoms with van der Waals surface area (Å²) in [6.45, 7) is 1.49. The van der Waals surface area contributed by atoms with Gasteiger partial charge in [0.15, 0.2) is 11.8 Å². The number of carbonyl (C=O) groups is 1. The van der Waals surface area contributed by atoms with Gasteiger partial charge in [-0.15, -0.1) is 0 Å². The van der Waals surface area contributed by atoms with E-state index in [9.17, 15) is 18.7 Å². The second kappa shape index (κ2) is 5.16. The van der Waals surface area contributed by atoms with Gasteiger partial charge in [0, 0.05) is 5.56 Å². The molecule has 1 aromatic carbocycles. The van der Waals surface area contributed by atoms with Crippen LogP contribution >= 0.6 is 15.9 Å². The maximum Gasteiger partial charge on any atom is 0.335 e. The minimum absolute atomic E-state index is 0.294. The summed E-state index contributed by atoms with van der Waals surface area (Å²) >= 11 is 3.29. The zero-order valence-corrected chi connectivity index (χ0v) is 12.5. The zero-order chi connectivity index (χ0) is 15.1. The number of fused-ring (bicyclic) bond motifs is 1. The number of hydrogen-bond donors (Lipinski definition) is 1. The number of benzene rings is 1. The van der Waals surface area contributed by atoms with Gasteiger partial charge in [0.25, 0.3) is 0 Å². The number of aliphatic carboxylic acids is 1. The van der Waals surface area contributed by atoms with E-state index in [1.807, 2.05) is 6.92 Å². The summed E-state index contributed by atoms with van der Waals surface area (Å²) in [5, 5.41) is 9.18. The van der Waals surface area contributed by atoms with E-state index in [4.69, 9.17) is 4.74 Å². The maximum atomic E-state index is 14.2. The van der Waals surface area contributed by atoms with Crippen molar-refractivity contribution in [3.63, 3.8) is 0 Å². The largest absolute Gasteiger partial charge is 0.480 e. The predicted octanol–water partition coefficient (Wildman–Crippen LogP) is 3.68. The van der Waals surface area contributed by atoms with Crippen LogP contribution in [0.1, 0.15) is 18.1 Å². The molecule has 20 heavy (non-hydrogen) atoms. The monoisotopic (exact) mass is 346 g/mol. The molecule has 0 saturated carbocycles. The lowest BCUT2D eigenvalue weighted by Crippen LogP contribution is -2.45. The number of halogens is 3. The van der Waals surface area contributed by atoms with E-state index in [1.54, 1.807) is 12.1 Å². The Morgan fingerprint density at radius 3 is 2.75 bits per heavy atom. The van der Waals surface area contributed by atoms with Crippen molar-refractivity contribution in [3.05, 3.63) is 33.3 Å². The van der Waals surface area contributed by atoms with Gasteiger partial charge in [0.05, 0.1) is 10.0 Å². The lowest BCUT2D eigenvalue weighted by atomic mass is 9.91. The standard InChI is InChI=1S/C14H13BrF2O3/c1-7-3-8-5-9(13(18)19)12(14(2,17)6-16)20-11(8)10(15)4-7/h3-5,12H,6H2,1-2H3,(H,18,19). The van der Waals surface area contributed by atoms with Crippen LogP contribution in [0.5, 0.6) is 5.75 Å². The minimum atomic E-state index is -2.41. The van der Waals surface area contributed by atoms with Crippen molar-refractivity contribution in [2.45, 2.75) is 25.6 Å². The molecule has 0 spiro atoms. The molecule has 1 heterocycles. The first-order valence-electron chi connectivity index (χ1n) is 5.93. The first kappa shape index (κ1) is 15.0. The lowest BCUT2D eigenvalue weighted by molar-refractivity contribution is -0.134. The Balaban J connectivity index is 2.59. The van der Waals surface area contributed by atoms with Gasteiger partial charge < -0.3 is 9.84 Å². The van der Waals surface area contributed by atoms with Crippen molar-refractivity contribution in [2.24, 2.45) is 0 Å². The fraction of sp³-hybridized carbons (Fsp3) is 0.357. The number of aryl methyl sites for hydroxylation is 1. The number of alkyl halides is 2. The first-order valence-corrected chi connectivity index (χ1v) is 6.72. The molecule has 108 valence electrons. The Hall–Kier alpha value is -1.43. The third kappa shape index (κ3) is 2.57. The molecule has 0 aliphatic carbocycles. The van der Waals surface area contributed by atoms with E-state index in [0.717, 1.165) is 12.5 Å². The SMILES string of the molecule is Cc1cc(Br)c2c(c1)C=C(C(=O)O)C(C(C)(F)CF)O2. The Morgan fingerprint density at radius 1 is 1.55 bits per heavy atom. The molecular formula is C14H13BrF2O3. The molecule has 0 saturated heterocycles. The van der Waals surface area contributed by atoms with Gasteiger partial charge in [-0.25, -0.2) is 13.6 Å². The van der Waals surface area contributed by atoms with E-state index in [-0.39, 0.29) is 5.57 Å². The van der Waals surface area contributed by atoms with Gasteiger partial charge in [0.2, 0.25) is 0 Å². The Bertz CT molecular complexity index is 596. The maximum absolute atomic E-state index is 14.2. The summed E-state index contributed by atoms with van der Waals surface area (Å²) in [4.78, 5) is 11.3. The molecule has 2 atom stereocenters. The fourth-order valence-electron chi connectivity index (χ4n) is 2.10. The quantitative estimate of drug-likeness (QED) is 0.907. The third-order valence-corrected chi connectivity index (χ3v) is 3.69. The van der Waals surface area contributed by atoms with Gasteiger partial charge in [-0.1, -0.05) is 0 Å². The Morgan fingerprint density at radius 2 is 2.20 bits per heavy atom. The molecule has 0 fully saturated rings. The van der Waals surface area contributed by atoms with E-state index >= 15 is 0 Å². The summed E-state index contributed by atoms with van der Waals surface area (Å²) in [5.41, 5.74) is -1.28. The molecule has 0 amide bonds. The van der Waals surface area contributed by atoms with Crippen LogP contribution in [0, 0.1) is 6.92 Å². The van der Waals surface area contributed by atoms with Crippen LogP contribution in [0.2, 0.25) is 0 Å². The molecule has 1 aromatic rings. The molecule has 1 N–H and O–H groups in total. The van der Waals surface area contributed by atoms with Crippen LogP contribution in [0.25, 0.3) is 6.08 Å². The molecule has 3 nitrogen and oxygen atoms in total. The van der Waals surface area contributed by atoms with E-state index in [0.29, 0.717) is 15.8 Å². The summed E-state index contributed by atoms with van der Waals surface area (Å²) in [6, 6.07) is 3.49. The van der Waals surface area contributed by atoms with Gasteiger partial charge in [-0.3, -0.25) is 0 Å². The van der Waals surface area contributed by atoms with Crippen LogP contribution in [0.15, 0.2) is 22.2 Å². The van der Waals surface area contributed by atoms with Crippen molar-refractivity contribution in [3.8, 4) is 5.75 Å². The zero-order valence-electron chi connectivity index (χ0n) is 10.9. The molecule has 2 rings (SSSR count). The molecule has 0 radical (unpaired) electrons. The highest BCUT2D eigenvalue weighted by atomic mass is 79.9. The molecule has 1 aliphatic heterocycles. The van der Waals surface area contributed by atoms with Gasteiger partial charge in [-0.05, 0) is 53.5 Å². The summed E-state index contributed by atoms with van der Waals surface area (Å²) in [5.74, 6) is -1.00. The highest BCUT2D eigenvalue weighted by Gasteiger charge is 2.44. The average Bonchev–Trinajstić information content (AvgIpc) is 2.37. The first-order chi connectivity index (χ1) is 9.26. The molecule has 1 aliphatic rings. The highest BCUT2D eigenvalue weighted by molar-refractivity contribution is 9.10. The molecule has 2 unspecified atom stereocenters. The van der Waals surface area contributed by atoms with Crippen LogP contribution in [-0.2, 0) is 4.79 Å².